The summed E-state index contributed by atoms with van der Waals surface area (Å²) in [5.41, 5.74) is 6.00. The Morgan fingerprint density at radius 3 is 2.38 bits per heavy atom. The highest BCUT2D eigenvalue weighted by molar-refractivity contribution is 5.79. The third kappa shape index (κ3) is 4.01. The van der Waals surface area contributed by atoms with Crippen molar-refractivity contribution in [1.82, 2.24) is 0 Å². The van der Waals surface area contributed by atoms with Gasteiger partial charge in [-0.3, -0.25) is 14.4 Å². The Kier molecular flexibility index (Phi) is 6.47. The molecule has 0 heterocycles. The highest BCUT2D eigenvalue weighted by Gasteiger charge is 2.60. The fraction of sp³-hybridized carbons (Fsp3) is 0.885. The number of carboxylic acid groups (broad SMARTS) is 1. The van der Waals surface area contributed by atoms with Gasteiger partial charge in [-0.15, -0.1) is 0 Å². The normalized spacial score (nSPS) is 44.0. The Morgan fingerprint density at radius 1 is 1.00 bits per heavy atom. The molecular formula is C26H41NO5. The summed E-state index contributed by atoms with van der Waals surface area (Å²) >= 11 is 0. The van der Waals surface area contributed by atoms with E-state index in [9.17, 15) is 14.4 Å². The number of carbonyl (C=O) groups excluding carboxylic acids is 2. The lowest BCUT2D eigenvalue weighted by molar-refractivity contribution is -0.163. The lowest BCUT2D eigenvalue weighted by Crippen LogP contribution is -2.54. The summed E-state index contributed by atoms with van der Waals surface area (Å²) in [5.74, 6) is 1.95. The molecule has 0 saturated heterocycles. The Balaban J connectivity index is 1.37. The van der Waals surface area contributed by atoms with E-state index in [0.717, 1.165) is 37.5 Å². The maximum absolute atomic E-state index is 12.3. The maximum Gasteiger partial charge on any atom is 0.320 e. The summed E-state index contributed by atoms with van der Waals surface area (Å²) in [6, 6.07) is -1.01. The SMILES string of the molecule is CC(=O)[C@H]1CC[C@H]2[C@@H]3CCC4CC(OC(=O)CC[C@H](N)C(=O)O)CC[C@]4(C)[C@H]3CC[C@]12C. The summed E-state index contributed by atoms with van der Waals surface area (Å²) in [4.78, 5) is 35.4. The van der Waals surface area contributed by atoms with E-state index in [2.05, 4.69) is 13.8 Å². The number of aliphatic carboxylic acids is 1. The number of carbonyl (C=O) groups is 3. The van der Waals surface area contributed by atoms with Crippen LogP contribution in [0.1, 0.15) is 91.4 Å². The van der Waals surface area contributed by atoms with Crippen LogP contribution in [0.5, 0.6) is 0 Å². The topological polar surface area (TPSA) is 107 Å². The van der Waals surface area contributed by atoms with Gasteiger partial charge < -0.3 is 15.6 Å². The fourth-order valence-corrected chi connectivity index (χ4v) is 8.64. The summed E-state index contributed by atoms with van der Waals surface area (Å²) in [6.45, 7) is 6.67. The molecule has 4 saturated carbocycles. The van der Waals surface area contributed by atoms with Gasteiger partial charge in [0.15, 0.2) is 0 Å². The van der Waals surface area contributed by atoms with Crippen molar-refractivity contribution < 1.29 is 24.2 Å². The molecule has 0 aliphatic heterocycles. The van der Waals surface area contributed by atoms with Crippen LogP contribution in [-0.4, -0.2) is 35.0 Å². The van der Waals surface area contributed by atoms with Crippen LogP contribution in [0, 0.1) is 40.4 Å². The van der Waals surface area contributed by atoms with Crippen LogP contribution in [0.3, 0.4) is 0 Å². The average Bonchev–Trinajstić information content (AvgIpc) is 3.09. The number of nitrogens with two attached hydrogens (primary N) is 1. The van der Waals surface area contributed by atoms with Crippen LogP contribution in [0.25, 0.3) is 0 Å². The third-order valence-corrected chi connectivity index (χ3v) is 10.4. The number of esters is 1. The number of fused-ring (bicyclic) bond motifs is 5. The predicted octanol–water partition coefficient (Wildman–Crippen LogP) is 4.34. The molecule has 6 nitrogen and oxygen atoms in total. The Hall–Kier alpha value is -1.43. The van der Waals surface area contributed by atoms with E-state index in [-0.39, 0.29) is 36.2 Å². The summed E-state index contributed by atoms with van der Waals surface area (Å²) in [7, 11) is 0. The third-order valence-electron chi connectivity index (χ3n) is 10.4. The van der Waals surface area contributed by atoms with Crippen LogP contribution >= 0.6 is 0 Å². The van der Waals surface area contributed by atoms with Crippen molar-refractivity contribution in [2.24, 2.45) is 46.2 Å². The van der Waals surface area contributed by atoms with Crippen LogP contribution < -0.4 is 5.73 Å². The molecule has 4 aliphatic rings. The minimum absolute atomic E-state index is 0.0550. The molecule has 9 atom stereocenters. The molecule has 0 aromatic heterocycles. The molecular weight excluding hydrogens is 406 g/mol. The van der Waals surface area contributed by atoms with Crippen molar-refractivity contribution in [2.75, 3.05) is 0 Å². The van der Waals surface area contributed by atoms with Gasteiger partial charge in [-0.1, -0.05) is 13.8 Å². The molecule has 32 heavy (non-hydrogen) atoms. The van der Waals surface area contributed by atoms with Crippen molar-refractivity contribution >= 4 is 17.7 Å². The molecule has 4 fully saturated rings. The first-order valence-corrected chi connectivity index (χ1v) is 12.7. The van der Waals surface area contributed by atoms with E-state index in [1.807, 2.05) is 0 Å². The zero-order valence-electron chi connectivity index (χ0n) is 20.0. The van der Waals surface area contributed by atoms with Gasteiger partial charge in [-0.05, 0) is 106 Å². The second-order valence-corrected chi connectivity index (χ2v) is 11.8. The molecule has 0 spiro atoms. The van der Waals surface area contributed by atoms with E-state index in [1.54, 1.807) is 6.92 Å². The van der Waals surface area contributed by atoms with Gasteiger partial charge in [0.25, 0.3) is 0 Å². The summed E-state index contributed by atoms with van der Waals surface area (Å²) in [5, 5.41) is 8.89. The van der Waals surface area contributed by atoms with E-state index in [1.165, 1.54) is 32.1 Å². The number of rotatable bonds is 6. The average molecular weight is 448 g/mol. The minimum atomic E-state index is -1.08. The number of ether oxygens (including phenoxy) is 1. The summed E-state index contributed by atoms with van der Waals surface area (Å²) in [6.07, 6.45) is 10.1. The quantitative estimate of drug-likeness (QED) is 0.587. The molecule has 2 unspecified atom stereocenters. The van der Waals surface area contributed by atoms with E-state index in [4.69, 9.17) is 15.6 Å². The second kappa shape index (κ2) is 8.73. The van der Waals surface area contributed by atoms with Gasteiger partial charge in [-0.2, -0.15) is 0 Å². The number of hydrogen-bond acceptors (Lipinski definition) is 5. The first-order chi connectivity index (χ1) is 15.1. The Bertz CT molecular complexity index is 767. The largest absolute Gasteiger partial charge is 0.480 e. The van der Waals surface area contributed by atoms with Crippen LogP contribution in [0.4, 0.5) is 0 Å². The van der Waals surface area contributed by atoms with Crippen LogP contribution in [0.15, 0.2) is 0 Å². The van der Waals surface area contributed by atoms with E-state index < -0.39 is 12.0 Å². The Morgan fingerprint density at radius 2 is 1.69 bits per heavy atom. The highest BCUT2D eigenvalue weighted by Crippen LogP contribution is 2.67. The fourth-order valence-electron chi connectivity index (χ4n) is 8.64. The standard InChI is InChI=1S/C26H41NO5/c1-15(28)19-6-7-20-18-5-4-16-14-17(32-23(29)9-8-22(27)24(30)31)10-12-25(16,2)21(18)11-13-26(19,20)3/h16-22H,4-14,27H2,1-3H3,(H,30,31)/t16?,17?,18-,19+,20-,21-,22-,25-,26+/m0/s1. The highest BCUT2D eigenvalue weighted by atomic mass is 16.5. The minimum Gasteiger partial charge on any atom is -0.480 e. The number of carboxylic acids is 1. The Labute approximate surface area is 192 Å². The molecule has 0 bridgehead atoms. The lowest BCUT2D eigenvalue weighted by atomic mass is 9.44. The molecule has 3 N–H and O–H groups in total. The maximum atomic E-state index is 12.3. The molecule has 6 heteroatoms. The van der Waals surface area contributed by atoms with Crippen molar-refractivity contribution in [2.45, 2.75) is 104 Å². The first-order valence-electron chi connectivity index (χ1n) is 12.7. The number of Topliss-reactive ketones (excluding diaryl/α,β-unsaturated/α-hetero) is 1. The smallest absolute Gasteiger partial charge is 0.320 e. The van der Waals surface area contributed by atoms with Crippen molar-refractivity contribution in [1.29, 1.82) is 0 Å². The lowest BCUT2D eigenvalue weighted by Gasteiger charge is -2.61. The van der Waals surface area contributed by atoms with Gasteiger partial charge in [0.2, 0.25) is 0 Å². The molecule has 4 rings (SSSR count). The van der Waals surface area contributed by atoms with E-state index in [0.29, 0.717) is 23.0 Å². The summed E-state index contributed by atoms with van der Waals surface area (Å²) < 4.78 is 5.75. The molecule has 0 aromatic carbocycles. The van der Waals surface area contributed by atoms with Gasteiger partial charge in [0.1, 0.15) is 17.9 Å². The monoisotopic (exact) mass is 447 g/mol. The van der Waals surface area contributed by atoms with Crippen LogP contribution in [-0.2, 0) is 19.1 Å². The van der Waals surface area contributed by atoms with Gasteiger partial charge in [0, 0.05) is 12.3 Å². The zero-order chi connectivity index (χ0) is 23.3. The van der Waals surface area contributed by atoms with Crippen molar-refractivity contribution in [3.8, 4) is 0 Å². The number of hydrogen-bond donors (Lipinski definition) is 2. The second-order valence-electron chi connectivity index (χ2n) is 11.8. The van der Waals surface area contributed by atoms with Crippen molar-refractivity contribution in [3.05, 3.63) is 0 Å². The van der Waals surface area contributed by atoms with Gasteiger partial charge in [0.05, 0.1) is 0 Å². The molecule has 180 valence electrons. The van der Waals surface area contributed by atoms with Crippen LogP contribution in [0.2, 0.25) is 0 Å². The van der Waals surface area contributed by atoms with Gasteiger partial charge >= 0.3 is 11.9 Å². The van der Waals surface area contributed by atoms with Gasteiger partial charge in [-0.25, -0.2) is 0 Å². The molecule has 0 aromatic rings. The first kappa shape index (κ1) is 23.7. The molecule has 0 amide bonds. The molecule has 4 aliphatic carbocycles. The van der Waals surface area contributed by atoms with Crippen molar-refractivity contribution in [3.63, 3.8) is 0 Å². The number of ketones is 1. The zero-order valence-corrected chi connectivity index (χ0v) is 20.0. The molecule has 0 radical (unpaired) electrons. The predicted molar refractivity (Wildman–Crippen MR) is 121 cm³/mol. The van der Waals surface area contributed by atoms with E-state index >= 15 is 0 Å².